The molecule has 0 aliphatic rings. The first kappa shape index (κ1) is 13.5. The fraction of sp³-hybridized carbons (Fsp3) is 0.400. The van der Waals surface area contributed by atoms with Crippen LogP contribution in [0.15, 0.2) is 42.5 Å². The first-order valence-corrected chi connectivity index (χ1v) is 6.20. The molecule has 2 nitrogen and oxygen atoms in total. The number of benzene rings is 1. The van der Waals surface area contributed by atoms with Crippen LogP contribution >= 0.6 is 0 Å². The van der Waals surface area contributed by atoms with Crippen molar-refractivity contribution >= 4 is 5.97 Å². The van der Waals surface area contributed by atoms with Crippen LogP contribution in [-0.2, 0) is 16.1 Å². The van der Waals surface area contributed by atoms with Gasteiger partial charge in [0.2, 0.25) is 0 Å². The van der Waals surface area contributed by atoms with E-state index in [4.69, 9.17) is 4.74 Å². The van der Waals surface area contributed by atoms with Gasteiger partial charge in [-0.15, -0.1) is 0 Å². The summed E-state index contributed by atoms with van der Waals surface area (Å²) in [5, 5.41) is 0. The highest BCUT2D eigenvalue weighted by molar-refractivity contribution is 5.81. The number of hydrogen-bond donors (Lipinski definition) is 0. The highest BCUT2D eigenvalue weighted by atomic mass is 16.5. The third kappa shape index (κ3) is 6.56. The Morgan fingerprint density at radius 2 is 2.00 bits per heavy atom. The summed E-state index contributed by atoms with van der Waals surface area (Å²) >= 11 is 0. The van der Waals surface area contributed by atoms with Crippen LogP contribution in [0.1, 0.15) is 38.2 Å². The highest BCUT2D eigenvalue weighted by Gasteiger charge is 1.97. The minimum absolute atomic E-state index is 0.259. The largest absolute Gasteiger partial charge is 0.458 e. The van der Waals surface area contributed by atoms with E-state index in [1.165, 1.54) is 18.9 Å². The van der Waals surface area contributed by atoms with E-state index < -0.39 is 0 Å². The molecule has 0 bridgehead atoms. The molecule has 0 saturated heterocycles. The summed E-state index contributed by atoms with van der Waals surface area (Å²) < 4.78 is 5.11. The summed E-state index contributed by atoms with van der Waals surface area (Å²) in [7, 11) is 0. The monoisotopic (exact) mass is 232 g/mol. The van der Waals surface area contributed by atoms with Crippen LogP contribution in [0, 0.1) is 0 Å². The number of allylic oxidation sites excluding steroid dienone is 1. The molecule has 0 fully saturated rings. The lowest BCUT2D eigenvalue weighted by molar-refractivity contribution is -0.139. The van der Waals surface area contributed by atoms with Crippen molar-refractivity contribution in [3.63, 3.8) is 0 Å². The quantitative estimate of drug-likeness (QED) is 0.405. The third-order valence-electron chi connectivity index (χ3n) is 2.45. The number of ether oxygens (including phenoxy) is 1. The number of esters is 1. The molecule has 0 N–H and O–H groups in total. The summed E-state index contributed by atoms with van der Waals surface area (Å²) in [5.74, 6) is -0.259. The van der Waals surface area contributed by atoms with E-state index in [1.54, 1.807) is 0 Å². The van der Waals surface area contributed by atoms with E-state index in [9.17, 15) is 4.79 Å². The Morgan fingerprint density at radius 1 is 1.24 bits per heavy atom. The molecular weight excluding hydrogens is 212 g/mol. The van der Waals surface area contributed by atoms with E-state index in [0.29, 0.717) is 6.61 Å². The zero-order chi connectivity index (χ0) is 12.3. The third-order valence-corrected chi connectivity index (χ3v) is 2.45. The van der Waals surface area contributed by atoms with Crippen LogP contribution in [-0.4, -0.2) is 5.97 Å². The fourth-order valence-corrected chi connectivity index (χ4v) is 1.47. The first-order chi connectivity index (χ1) is 8.33. The Labute approximate surface area is 103 Å². The molecule has 1 aromatic carbocycles. The Morgan fingerprint density at radius 3 is 2.71 bits per heavy atom. The molecule has 92 valence electrons. The molecule has 0 aromatic heterocycles. The average Bonchev–Trinajstić information content (AvgIpc) is 2.37. The summed E-state index contributed by atoms with van der Waals surface area (Å²) in [6.45, 7) is 2.51. The Kier molecular flexibility index (Phi) is 6.80. The van der Waals surface area contributed by atoms with E-state index in [-0.39, 0.29) is 5.97 Å². The average molecular weight is 232 g/mol. The van der Waals surface area contributed by atoms with Gasteiger partial charge in [-0.2, -0.15) is 0 Å². The van der Waals surface area contributed by atoms with Gasteiger partial charge in [0.1, 0.15) is 6.61 Å². The number of rotatable bonds is 7. The second-order valence-electron chi connectivity index (χ2n) is 3.99. The van der Waals surface area contributed by atoms with Gasteiger partial charge in [0, 0.05) is 6.08 Å². The van der Waals surface area contributed by atoms with Gasteiger partial charge in [0.15, 0.2) is 0 Å². The van der Waals surface area contributed by atoms with Crippen LogP contribution in [0.4, 0.5) is 0 Å². The van der Waals surface area contributed by atoms with Gasteiger partial charge >= 0.3 is 5.97 Å². The molecule has 0 aliphatic heterocycles. The van der Waals surface area contributed by atoms with Gasteiger partial charge in [0.25, 0.3) is 0 Å². The van der Waals surface area contributed by atoms with Crippen LogP contribution in [0.25, 0.3) is 0 Å². The van der Waals surface area contributed by atoms with E-state index >= 15 is 0 Å². The molecule has 1 rings (SSSR count). The molecular formula is C15H20O2. The first-order valence-electron chi connectivity index (χ1n) is 6.20. The number of hydrogen-bond acceptors (Lipinski definition) is 2. The molecule has 0 spiro atoms. The van der Waals surface area contributed by atoms with Gasteiger partial charge in [0.05, 0.1) is 0 Å². The fourth-order valence-electron chi connectivity index (χ4n) is 1.47. The van der Waals surface area contributed by atoms with Gasteiger partial charge in [-0.3, -0.25) is 0 Å². The summed E-state index contributed by atoms with van der Waals surface area (Å²) in [5.41, 5.74) is 1.01. The van der Waals surface area contributed by atoms with Crippen molar-refractivity contribution in [1.82, 2.24) is 0 Å². The molecule has 0 amide bonds. The summed E-state index contributed by atoms with van der Waals surface area (Å²) in [6.07, 6.45) is 7.92. The minimum Gasteiger partial charge on any atom is -0.458 e. The van der Waals surface area contributed by atoms with Gasteiger partial charge in [-0.25, -0.2) is 4.79 Å². The molecule has 0 atom stereocenters. The summed E-state index contributed by atoms with van der Waals surface area (Å²) in [4.78, 5) is 11.3. The highest BCUT2D eigenvalue weighted by Crippen LogP contribution is 2.02. The molecule has 0 unspecified atom stereocenters. The second kappa shape index (κ2) is 8.57. The molecule has 0 saturated carbocycles. The Balaban J connectivity index is 2.17. The molecule has 0 aliphatic carbocycles. The van der Waals surface area contributed by atoms with Crippen LogP contribution in [0.5, 0.6) is 0 Å². The van der Waals surface area contributed by atoms with Crippen LogP contribution < -0.4 is 0 Å². The van der Waals surface area contributed by atoms with Gasteiger partial charge in [-0.1, -0.05) is 56.2 Å². The smallest absolute Gasteiger partial charge is 0.330 e. The van der Waals surface area contributed by atoms with E-state index in [2.05, 4.69) is 6.92 Å². The van der Waals surface area contributed by atoms with E-state index in [1.807, 2.05) is 36.4 Å². The SMILES string of the molecule is CCCCC/C=C/C(=O)OCc1ccccc1. The summed E-state index contributed by atoms with van der Waals surface area (Å²) in [6, 6.07) is 9.70. The molecule has 1 aromatic rings. The van der Waals surface area contributed by atoms with Crippen molar-refractivity contribution in [2.45, 2.75) is 39.2 Å². The molecule has 0 heterocycles. The van der Waals surface area contributed by atoms with Crippen LogP contribution in [0.2, 0.25) is 0 Å². The zero-order valence-electron chi connectivity index (χ0n) is 10.4. The lowest BCUT2D eigenvalue weighted by Crippen LogP contribution is -2.00. The molecule has 2 heteroatoms. The maximum Gasteiger partial charge on any atom is 0.330 e. The predicted molar refractivity (Wildman–Crippen MR) is 69.5 cm³/mol. The lowest BCUT2D eigenvalue weighted by Gasteiger charge is -2.01. The van der Waals surface area contributed by atoms with Crippen molar-refractivity contribution in [3.8, 4) is 0 Å². The van der Waals surface area contributed by atoms with Crippen molar-refractivity contribution in [1.29, 1.82) is 0 Å². The number of unbranched alkanes of at least 4 members (excludes halogenated alkanes) is 3. The Bertz CT molecular complexity index is 341. The van der Waals surface area contributed by atoms with Crippen molar-refractivity contribution in [3.05, 3.63) is 48.0 Å². The lowest BCUT2D eigenvalue weighted by atomic mass is 10.2. The predicted octanol–water partition coefficient (Wildman–Crippen LogP) is 3.87. The van der Waals surface area contributed by atoms with Crippen molar-refractivity contribution in [2.24, 2.45) is 0 Å². The standard InChI is InChI=1S/C15H20O2/c1-2-3-4-5-9-12-15(16)17-13-14-10-7-6-8-11-14/h6-12H,2-5,13H2,1H3/b12-9+. The second-order valence-corrected chi connectivity index (χ2v) is 3.99. The van der Waals surface area contributed by atoms with E-state index in [0.717, 1.165) is 18.4 Å². The topological polar surface area (TPSA) is 26.3 Å². The normalized spacial score (nSPS) is 10.6. The minimum atomic E-state index is -0.259. The van der Waals surface area contributed by atoms with Crippen molar-refractivity contribution < 1.29 is 9.53 Å². The molecule has 17 heavy (non-hydrogen) atoms. The maximum atomic E-state index is 11.3. The maximum absolute atomic E-state index is 11.3. The number of carbonyl (C=O) groups excluding carboxylic acids is 1. The van der Waals surface area contributed by atoms with Gasteiger partial charge in [-0.05, 0) is 18.4 Å². The van der Waals surface area contributed by atoms with Gasteiger partial charge < -0.3 is 4.74 Å². The number of carbonyl (C=O) groups is 1. The van der Waals surface area contributed by atoms with Crippen LogP contribution in [0.3, 0.4) is 0 Å². The Hall–Kier alpha value is -1.57. The molecule has 0 radical (unpaired) electrons. The van der Waals surface area contributed by atoms with Crippen molar-refractivity contribution in [2.75, 3.05) is 0 Å². The zero-order valence-corrected chi connectivity index (χ0v) is 10.4.